The molecule has 108 valence electrons. The van der Waals surface area contributed by atoms with Gasteiger partial charge in [-0.1, -0.05) is 55.5 Å². The Labute approximate surface area is 130 Å². The number of fused-ring (bicyclic) bond motifs is 1. The summed E-state index contributed by atoms with van der Waals surface area (Å²) in [6.45, 7) is 3.20. The van der Waals surface area contributed by atoms with Gasteiger partial charge in [0.25, 0.3) is 0 Å². The zero-order valence-electron chi connectivity index (χ0n) is 12.4. The molecule has 0 radical (unpaired) electrons. The van der Waals surface area contributed by atoms with E-state index in [1.165, 1.54) is 21.2 Å². The van der Waals surface area contributed by atoms with Crippen LogP contribution < -0.4 is 5.32 Å². The van der Waals surface area contributed by atoms with Crippen LogP contribution in [-0.2, 0) is 12.8 Å². The van der Waals surface area contributed by atoms with Crippen LogP contribution in [0.15, 0.2) is 60.0 Å². The van der Waals surface area contributed by atoms with Crippen LogP contribution in [0.1, 0.15) is 17.4 Å². The van der Waals surface area contributed by atoms with Gasteiger partial charge in [-0.3, -0.25) is 0 Å². The first-order valence-electron chi connectivity index (χ1n) is 7.58. The molecule has 1 heterocycles. The smallest absolute Gasteiger partial charge is 0.0156 e. The maximum absolute atomic E-state index is 3.62. The SMILES string of the molecule is CCNC(Cc1ccc2ccccc2c1)Cc1cccs1. The van der Waals surface area contributed by atoms with Gasteiger partial charge in [0.2, 0.25) is 0 Å². The predicted octanol–water partition coefficient (Wildman–Crippen LogP) is 4.66. The van der Waals surface area contributed by atoms with Crippen LogP contribution in [0.25, 0.3) is 10.8 Å². The van der Waals surface area contributed by atoms with E-state index in [-0.39, 0.29) is 0 Å². The molecule has 1 aromatic heterocycles. The Morgan fingerprint density at radius 2 is 1.81 bits per heavy atom. The fourth-order valence-electron chi connectivity index (χ4n) is 2.83. The molecule has 1 atom stereocenters. The lowest BCUT2D eigenvalue weighted by atomic mass is 9.99. The van der Waals surface area contributed by atoms with E-state index in [2.05, 4.69) is 72.2 Å². The van der Waals surface area contributed by atoms with E-state index < -0.39 is 0 Å². The number of hydrogen-bond donors (Lipinski definition) is 1. The highest BCUT2D eigenvalue weighted by molar-refractivity contribution is 7.09. The summed E-state index contributed by atoms with van der Waals surface area (Å²) in [6.07, 6.45) is 2.19. The van der Waals surface area contributed by atoms with Crippen molar-refractivity contribution in [3.63, 3.8) is 0 Å². The maximum Gasteiger partial charge on any atom is 0.0156 e. The largest absolute Gasteiger partial charge is 0.314 e. The van der Waals surface area contributed by atoms with Gasteiger partial charge in [-0.2, -0.15) is 0 Å². The topological polar surface area (TPSA) is 12.0 Å². The summed E-state index contributed by atoms with van der Waals surface area (Å²) in [5.74, 6) is 0. The predicted molar refractivity (Wildman–Crippen MR) is 93.1 cm³/mol. The highest BCUT2D eigenvalue weighted by Crippen LogP contribution is 2.18. The molecule has 2 heteroatoms. The molecule has 21 heavy (non-hydrogen) atoms. The molecule has 0 aliphatic heterocycles. The zero-order valence-corrected chi connectivity index (χ0v) is 13.2. The fraction of sp³-hybridized carbons (Fsp3) is 0.263. The Morgan fingerprint density at radius 3 is 2.57 bits per heavy atom. The van der Waals surface area contributed by atoms with Gasteiger partial charge in [0, 0.05) is 10.9 Å². The zero-order chi connectivity index (χ0) is 14.5. The van der Waals surface area contributed by atoms with Crippen LogP contribution >= 0.6 is 11.3 Å². The first kappa shape index (κ1) is 14.3. The molecule has 2 aromatic carbocycles. The number of hydrogen-bond acceptors (Lipinski definition) is 2. The molecular formula is C19H21NS. The molecule has 3 rings (SSSR count). The molecule has 0 spiro atoms. The molecule has 1 unspecified atom stereocenters. The first-order valence-corrected chi connectivity index (χ1v) is 8.46. The number of likely N-dealkylation sites (N-methyl/N-ethyl adjacent to an activating group) is 1. The summed E-state index contributed by atoms with van der Waals surface area (Å²) in [7, 11) is 0. The van der Waals surface area contributed by atoms with Crippen LogP contribution in [0.5, 0.6) is 0 Å². The minimum atomic E-state index is 0.509. The summed E-state index contributed by atoms with van der Waals surface area (Å²) in [5.41, 5.74) is 1.41. The molecular weight excluding hydrogens is 274 g/mol. The van der Waals surface area contributed by atoms with Gasteiger partial charge < -0.3 is 5.32 Å². The van der Waals surface area contributed by atoms with Gasteiger partial charge in [-0.15, -0.1) is 11.3 Å². The molecule has 0 aliphatic carbocycles. The minimum Gasteiger partial charge on any atom is -0.314 e. The molecule has 0 saturated carbocycles. The molecule has 1 N–H and O–H groups in total. The first-order chi connectivity index (χ1) is 10.3. The van der Waals surface area contributed by atoms with Crippen molar-refractivity contribution in [3.05, 3.63) is 70.4 Å². The number of benzene rings is 2. The third-order valence-electron chi connectivity index (χ3n) is 3.82. The molecule has 0 amide bonds. The molecule has 0 aliphatic rings. The van der Waals surface area contributed by atoms with Crippen LogP contribution in [0.4, 0.5) is 0 Å². The maximum atomic E-state index is 3.62. The second kappa shape index (κ2) is 6.88. The minimum absolute atomic E-state index is 0.509. The number of thiophene rings is 1. The van der Waals surface area contributed by atoms with E-state index in [1.54, 1.807) is 0 Å². The van der Waals surface area contributed by atoms with Gasteiger partial charge >= 0.3 is 0 Å². The molecule has 0 fully saturated rings. The van der Waals surface area contributed by atoms with E-state index in [0.717, 1.165) is 19.4 Å². The van der Waals surface area contributed by atoms with Crippen molar-refractivity contribution in [2.45, 2.75) is 25.8 Å². The van der Waals surface area contributed by atoms with E-state index in [9.17, 15) is 0 Å². The Hall–Kier alpha value is -1.64. The summed E-state index contributed by atoms with van der Waals surface area (Å²) in [4.78, 5) is 1.46. The lowest BCUT2D eigenvalue weighted by Crippen LogP contribution is -2.32. The van der Waals surface area contributed by atoms with Crippen LogP contribution in [0, 0.1) is 0 Å². The Kier molecular flexibility index (Phi) is 4.69. The second-order valence-corrected chi connectivity index (χ2v) is 6.46. The Balaban J connectivity index is 1.76. The second-order valence-electron chi connectivity index (χ2n) is 5.42. The third-order valence-corrected chi connectivity index (χ3v) is 4.72. The monoisotopic (exact) mass is 295 g/mol. The van der Waals surface area contributed by atoms with Crippen LogP contribution in [0.3, 0.4) is 0 Å². The van der Waals surface area contributed by atoms with E-state index in [4.69, 9.17) is 0 Å². The van der Waals surface area contributed by atoms with Crippen molar-refractivity contribution >= 4 is 22.1 Å². The van der Waals surface area contributed by atoms with Gasteiger partial charge in [0.1, 0.15) is 0 Å². The van der Waals surface area contributed by atoms with Gasteiger partial charge in [-0.05, 0) is 47.2 Å². The number of rotatable bonds is 6. The highest BCUT2D eigenvalue weighted by atomic mass is 32.1. The summed E-state index contributed by atoms with van der Waals surface area (Å²) < 4.78 is 0. The molecule has 0 bridgehead atoms. The molecule has 1 nitrogen and oxygen atoms in total. The van der Waals surface area contributed by atoms with E-state index in [1.807, 2.05) is 11.3 Å². The van der Waals surface area contributed by atoms with Gasteiger partial charge in [0.15, 0.2) is 0 Å². The number of nitrogens with one attached hydrogen (secondary N) is 1. The average molecular weight is 295 g/mol. The third kappa shape index (κ3) is 3.72. The molecule has 0 saturated heterocycles. The standard InChI is InChI=1S/C19H21NS/c1-2-20-18(14-19-8-5-11-21-19)13-15-9-10-16-6-3-4-7-17(16)12-15/h3-12,18,20H,2,13-14H2,1H3. The van der Waals surface area contributed by atoms with Crippen molar-refractivity contribution < 1.29 is 0 Å². The lowest BCUT2D eigenvalue weighted by Gasteiger charge is -2.17. The van der Waals surface area contributed by atoms with Crippen LogP contribution in [-0.4, -0.2) is 12.6 Å². The Morgan fingerprint density at radius 1 is 0.952 bits per heavy atom. The van der Waals surface area contributed by atoms with Gasteiger partial charge in [0.05, 0.1) is 0 Å². The van der Waals surface area contributed by atoms with Crippen molar-refractivity contribution in [1.29, 1.82) is 0 Å². The fourth-order valence-corrected chi connectivity index (χ4v) is 3.61. The van der Waals surface area contributed by atoms with Gasteiger partial charge in [-0.25, -0.2) is 0 Å². The summed E-state index contributed by atoms with van der Waals surface area (Å²) >= 11 is 1.85. The van der Waals surface area contributed by atoms with E-state index >= 15 is 0 Å². The van der Waals surface area contributed by atoms with Crippen molar-refractivity contribution in [1.82, 2.24) is 5.32 Å². The quantitative estimate of drug-likeness (QED) is 0.697. The van der Waals surface area contributed by atoms with Crippen LogP contribution in [0.2, 0.25) is 0 Å². The lowest BCUT2D eigenvalue weighted by molar-refractivity contribution is 0.525. The Bertz CT molecular complexity index is 688. The van der Waals surface area contributed by atoms with Crippen molar-refractivity contribution in [2.24, 2.45) is 0 Å². The van der Waals surface area contributed by atoms with Crippen molar-refractivity contribution in [3.8, 4) is 0 Å². The highest BCUT2D eigenvalue weighted by Gasteiger charge is 2.10. The summed E-state index contributed by atoms with van der Waals surface area (Å²) in [5, 5.41) is 8.44. The van der Waals surface area contributed by atoms with Crippen molar-refractivity contribution in [2.75, 3.05) is 6.54 Å². The average Bonchev–Trinajstić information content (AvgIpc) is 3.00. The summed E-state index contributed by atoms with van der Waals surface area (Å²) in [6, 6.07) is 20.3. The van der Waals surface area contributed by atoms with E-state index in [0.29, 0.717) is 6.04 Å². The normalized spacial score (nSPS) is 12.6. The molecule has 3 aromatic rings.